The summed E-state index contributed by atoms with van der Waals surface area (Å²) in [5.74, 6) is -0.123. The Morgan fingerprint density at radius 2 is 2.06 bits per heavy atom. The Hall–Kier alpha value is -2.86. The lowest BCUT2D eigenvalue weighted by Crippen LogP contribution is -2.55. The van der Waals surface area contributed by atoms with Gasteiger partial charge in [-0.1, -0.05) is 34.5 Å². The number of halogens is 3. The van der Waals surface area contributed by atoms with E-state index >= 15 is 0 Å². The summed E-state index contributed by atoms with van der Waals surface area (Å²) in [5.41, 5.74) is 1.81. The molecule has 2 aliphatic rings. The zero-order valence-corrected chi connectivity index (χ0v) is 19.7. The van der Waals surface area contributed by atoms with Gasteiger partial charge in [0, 0.05) is 42.9 Å². The zero-order valence-electron chi connectivity index (χ0n) is 17.3. The monoisotopic (exact) mass is 526 g/mol. The first kappa shape index (κ1) is 22.9. The minimum atomic E-state index is -1.31. The number of amides is 2. The van der Waals surface area contributed by atoms with Gasteiger partial charge in [0.05, 0.1) is 26.3 Å². The van der Waals surface area contributed by atoms with Crippen molar-refractivity contribution >= 4 is 62.1 Å². The Morgan fingerprint density at radius 3 is 2.79 bits per heavy atom. The zero-order chi connectivity index (χ0) is 24.1. The summed E-state index contributed by atoms with van der Waals surface area (Å²) in [6.45, 7) is 1.98. The summed E-state index contributed by atoms with van der Waals surface area (Å²) >= 11 is 14.3. The minimum absolute atomic E-state index is 0.0203. The van der Waals surface area contributed by atoms with Crippen LogP contribution in [0.2, 0.25) is 10.0 Å². The van der Waals surface area contributed by atoms with E-state index in [1.54, 1.807) is 6.07 Å². The molecule has 1 atom stereocenters. The first-order chi connectivity index (χ1) is 16.2. The van der Waals surface area contributed by atoms with Crippen LogP contribution in [0.1, 0.15) is 5.56 Å². The van der Waals surface area contributed by atoms with E-state index in [1.165, 1.54) is 17.0 Å². The maximum absolute atomic E-state index is 14.5. The largest absolute Gasteiger partial charge is 0.490 e. The number of thiazole rings is 1. The molecule has 13 heteroatoms. The van der Waals surface area contributed by atoms with Gasteiger partial charge < -0.3 is 19.8 Å². The molecular weight excluding hydrogens is 510 g/mol. The number of rotatable bonds is 2. The molecule has 34 heavy (non-hydrogen) atoms. The Bertz CT molecular complexity index is 1340. The van der Waals surface area contributed by atoms with Crippen LogP contribution >= 0.6 is 34.5 Å². The van der Waals surface area contributed by atoms with Crippen molar-refractivity contribution < 1.29 is 28.9 Å². The Kier molecular flexibility index (Phi) is 5.88. The number of ether oxygens (including phenoxy) is 1. The topological polar surface area (TPSA) is 115 Å². The third-order valence-corrected chi connectivity index (χ3v) is 7.54. The van der Waals surface area contributed by atoms with Gasteiger partial charge in [0.25, 0.3) is 0 Å². The molecule has 2 amide bonds. The van der Waals surface area contributed by atoms with Gasteiger partial charge in [0.1, 0.15) is 18.2 Å². The molecule has 0 saturated carbocycles. The smallest absolute Gasteiger partial charge is 0.410 e. The quantitative estimate of drug-likeness (QED) is 0.427. The summed E-state index contributed by atoms with van der Waals surface area (Å²) < 4.78 is 20.7. The molecule has 0 bridgehead atoms. The molecule has 1 aromatic heterocycles. The summed E-state index contributed by atoms with van der Waals surface area (Å²) in [5, 5.41) is 21.0. The average molecular weight is 527 g/mol. The highest BCUT2D eigenvalue weighted by Gasteiger charge is 2.34. The van der Waals surface area contributed by atoms with Crippen molar-refractivity contribution in [2.24, 2.45) is 0 Å². The molecule has 3 heterocycles. The number of hydrogen-bond acceptors (Lipinski definition) is 6. The van der Waals surface area contributed by atoms with Crippen LogP contribution in [0.4, 0.5) is 19.1 Å². The third-order valence-electron chi connectivity index (χ3n) is 5.90. The van der Waals surface area contributed by atoms with Crippen molar-refractivity contribution in [3.05, 3.63) is 39.6 Å². The van der Waals surface area contributed by atoms with Crippen LogP contribution in [0.5, 0.6) is 5.75 Å². The van der Waals surface area contributed by atoms with Crippen LogP contribution in [0.15, 0.2) is 18.2 Å². The van der Waals surface area contributed by atoms with Gasteiger partial charge in [-0.3, -0.25) is 10.2 Å². The molecule has 0 unspecified atom stereocenters. The van der Waals surface area contributed by atoms with Crippen molar-refractivity contribution in [2.45, 2.75) is 12.6 Å². The number of aromatic nitrogens is 1. The highest BCUT2D eigenvalue weighted by molar-refractivity contribution is 7.22. The van der Waals surface area contributed by atoms with E-state index in [-0.39, 0.29) is 33.0 Å². The highest BCUT2D eigenvalue weighted by Crippen LogP contribution is 2.47. The predicted molar refractivity (Wildman–Crippen MR) is 126 cm³/mol. The number of piperazine rings is 1. The maximum Gasteiger partial charge on any atom is 0.410 e. The Morgan fingerprint density at radius 1 is 1.26 bits per heavy atom. The molecule has 0 spiro atoms. The van der Waals surface area contributed by atoms with Gasteiger partial charge in [-0.15, -0.1) is 0 Å². The molecule has 178 valence electrons. The SMILES string of the molecule is O=C(O)Nc1nc2c(-c3c(Cl)cc4c(c3Cl)OC[C@H]3CN(C(=O)O)CCN3C4)ccc(F)c2s1. The van der Waals surface area contributed by atoms with Gasteiger partial charge in [0.15, 0.2) is 5.13 Å². The number of nitrogens with one attached hydrogen (secondary N) is 1. The van der Waals surface area contributed by atoms with E-state index < -0.39 is 18.0 Å². The van der Waals surface area contributed by atoms with E-state index in [9.17, 15) is 19.1 Å². The first-order valence-corrected chi connectivity index (χ1v) is 11.7. The number of benzene rings is 2. The molecule has 9 nitrogen and oxygen atoms in total. The van der Waals surface area contributed by atoms with E-state index in [0.29, 0.717) is 48.1 Å². The number of hydrogen-bond donors (Lipinski definition) is 3. The molecule has 2 aromatic carbocycles. The maximum atomic E-state index is 14.5. The Labute approximate surface area is 206 Å². The normalized spacial score (nSPS) is 18.1. The van der Waals surface area contributed by atoms with Gasteiger partial charge in [0.2, 0.25) is 0 Å². The minimum Gasteiger partial charge on any atom is -0.490 e. The standard InChI is InChI=1S/C21H17Cl2FN4O5S/c22-12-5-9-6-27-3-4-28(21(31)32)7-10(27)8-33-17(9)15(23)14(12)11-1-2-13(24)18-16(11)25-19(34-18)26-20(29)30/h1-2,5,10H,3-4,6-8H2,(H,25,26)(H,29,30)(H,31,32)/t10-/m1/s1. The van der Waals surface area contributed by atoms with Gasteiger partial charge in [-0.25, -0.2) is 19.0 Å². The molecule has 0 radical (unpaired) electrons. The average Bonchev–Trinajstić information content (AvgIpc) is 3.10. The number of anilines is 1. The van der Waals surface area contributed by atoms with E-state index in [2.05, 4.69) is 15.2 Å². The van der Waals surface area contributed by atoms with E-state index in [0.717, 1.165) is 16.9 Å². The lowest BCUT2D eigenvalue weighted by Gasteiger charge is -2.38. The van der Waals surface area contributed by atoms with Crippen LogP contribution in [-0.2, 0) is 6.54 Å². The van der Waals surface area contributed by atoms with E-state index in [1.807, 2.05) is 0 Å². The Balaban J connectivity index is 1.57. The fraction of sp³-hybridized carbons (Fsp3) is 0.286. The first-order valence-electron chi connectivity index (χ1n) is 10.2. The number of nitrogens with zero attached hydrogens (tertiary/aromatic N) is 3. The molecule has 1 fully saturated rings. The van der Waals surface area contributed by atoms with E-state index in [4.69, 9.17) is 33.0 Å². The molecule has 0 aliphatic carbocycles. The third kappa shape index (κ3) is 3.98. The van der Waals surface area contributed by atoms with Crippen molar-refractivity contribution in [3.8, 4) is 16.9 Å². The lowest BCUT2D eigenvalue weighted by atomic mass is 10.0. The molecule has 1 saturated heterocycles. The lowest BCUT2D eigenvalue weighted by molar-refractivity contribution is 0.0503. The highest BCUT2D eigenvalue weighted by atomic mass is 35.5. The number of carbonyl (C=O) groups is 2. The van der Waals surface area contributed by atoms with Crippen molar-refractivity contribution in [1.29, 1.82) is 0 Å². The predicted octanol–water partition coefficient (Wildman–Crippen LogP) is 5.06. The second-order valence-corrected chi connectivity index (χ2v) is 9.71. The van der Waals surface area contributed by atoms with Crippen LogP contribution in [0.25, 0.3) is 21.3 Å². The number of carboxylic acid groups (broad SMARTS) is 2. The molecule has 3 aromatic rings. The van der Waals surface area contributed by atoms with Crippen LogP contribution in [0.3, 0.4) is 0 Å². The molecule has 5 rings (SSSR count). The van der Waals surface area contributed by atoms with Crippen LogP contribution < -0.4 is 10.1 Å². The van der Waals surface area contributed by atoms with Gasteiger partial charge in [-0.05, 0) is 18.2 Å². The summed E-state index contributed by atoms with van der Waals surface area (Å²) in [7, 11) is 0. The molecule has 3 N–H and O–H groups in total. The van der Waals surface area contributed by atoms with Crippen molar-refractivity contribution in [2.75, 3.05) is 31.6 Å². The molecular formula is C21H17Cl2FN4O5S. The van der Waals surface area contributed by atoms with Crippen LogP contribution in [-0.4, -0.2) is 69.5 Å². The number of fused-ring (bicyclic) bond motifs is 3. The van der Waals surface area contributed by atoms with Gasteiger partial charge >= 0.3 is 12.2 Å². The fourth-order valence-corrected chi connectivity index (χ4v) is 5.97. The van der Waals surface area contributed by atoms with Gasteiger partial charge in [-0.2, -0.15) is 0 Å². The summed E-state index contributed by atoms with van der Waals surface area (Å²) in [6.07, 6.45) is -2.28. The summed E-state index contributed by atoms with van der Waals surface area (Å²) in [4.78, 5) is 30.1. The van der Waals surface area contributed by atoms with Crippen molar-refractivity contribution in [1.82, 2.24) is 14.8 Å². The molecule has 2 aliphatic heterocycles. The summed E-state index contributed by atoms with van der Waals surface area (Å²) in [6, 6.07) is 4.34. The van der Waals surface area contributed by atoms with Crippen LogP contribution in [0, 0.1) is 5.82 Å². The second kappa shape index (κ2) is 8.73. The van der Waals surface area contributed by atoms with Crippen molar-refractivity contribution in [3.63, 3.8) is 0 Å². The second-order valence-electron chi connectivity index (χ2n) is 7.92. The fourth-order valence-electron chi connectivity index (χ4n) is 4.32.